The molecular weight excluding hydrogens is 542 g/mol. The van der Waals surface area contributed by atoms with Crippen LogP contribution >= 0.6 is 0 Å². The predicted molar refractivity (Wildman–Crippen MR) is 160 cm³/mol. The smallest absolute Gasteiger partial charge is 0.264 e. The lowest BCUT2D eigenvalue weighted by molar-refractivity contribution is -0.139. The normalized spacial score (nSPS) is 11.9. The maximum Gasteiger partial charge on any atom is 0.264 e. The van der Waals surface area contributed by atoms with Crippen molar-refractivity contribution in [1.82, 2.24) is 10.2 Å². The molecule has 0 radical (unpaired) electrons. The van der Waals surface area contributed by atoms with Gasteiger partial charge in [0, 0.05) is 19.2 Å². The van der Waals surface area contributed by atoms with Crippen LogP contribution in [-0.4, -0.2) is 58.5 Å². The molecule has 3 aromatic carbocycles. The molecule has 0 bridgehead atoms. The van der Waals surface area contributed by atoms with Gasteiger partial charge in [-0.2, -0.15) is 0 Å². The first kappa shape index (κ1) is 31.5. The number of anilines is 1. The quantitative estimate of drug-likeness (QED) is 0.320. The molecule has 0 saturated carbocycles. The Morgan fingerprint density at radius 2 is 1.59 bits per heavy atom. The molecule has 0 fully saturated rings. The summed E-state index contributed by atoms with van der Waals surface area (Å²) in [4.78, 5) is 28.5. The standard InChI is InChI=1S/C31H39N3O6S/c1-7-18-32-31(36)24(4)33(20-25-11-9-8-10-23(25)3)30(35)21-34(26-14-17-28(39-5)29(19-26)40-6)41(37,38)27-15-12-22(2)13-16-27/h8-17,19,24H,7,18,20-21H2,1-6H3,(H,32,36)/t24-/m0/s1. The summed E-state index contributed by atoms with van der Waals surface area (Å²) in [5.41, 5.74) is 2.93. The number of sulfonamides is 1. The van der Waals surface area contributed by atoms with Gasteiger partial charge in [-0.05, 0) is 62.6 Å². The number of rotatable bonds is 13. The lowest BCUT2D eigenvalue weighted by atomic mass is 10.1. The van der Waals surface area contributed by atoms with E-state index in [0.717, 1.165) is 27.4 Å². The van der Waals surface area contributed by atoms with Crippen molar-refractivity contribution < 1.29 is 27.5 Å². The van der Waals surface area contributed by atoms with Crippen LogP contribution in [0.3, 0.4) is 0 Å². The van der Waals surface area contributed by atoms with E-state index in [9.17, 15) is 18.0 Å². The molecule has 0 saturated heterocycles. The lowest BCUT2D eigenvalue weighted by Gasteiger charge is -2.32. The largest absolute Gasteiger partial charge is 0.493 e. The van der Waals surface area contributed by atoms with E-state index in [2.05, 4.69) is 5.32 Å². The molecular formula is C31H39N3O6S. The second-order valence-corrected chi connectivity index (χ2v) is 11.6. The van der Waals surface area contributed by atoms with Crippen LogP contribution in [0.15, 0.2) is 71.6 Å². The van der Waals surface area contributed by atoms with Crippen LogP contribution in [0, 0.1) is 13.8 Å². The number of ether oxygens (including phenoxy) is 2. The van der Waals surface area contributed by atoms with E-state index < -0.39 is 28.5 Å². The zero-order valence-corrected chi connectivity index (χ0v) is 25.3. The fourth-order valence-electron chi connectivity index (χ4n) is 4.30. The van der Waals surface area contributed by atoms with E-state index in [-0.39, 0.29) is 23.0 Å². The van der Waals surface area contributed by atoms with E-state index >= 15 is 0 Å². The maximum atomic E-state index is 14.1. The van der Waals surface area contributed by atoms with E-state index in [4.69, 9.17) is 9.47 Å². The highest BCUT2D eigenvalue weighted by Gasteiger charge is 2.33. The molecule has 0 aliphatic carbocycles. The Morgan fingerprint density at radius 3 is 2.20 bits per heavy atom. The van der Waals surface area contributed by atoms with Gasteiger partial charge in [0.15, 0.2) is 11.5 Å². The predicted octanol–water partition coefficient (Wildman–Crippen LogP) is 4.46. The lowest BCUT2D eigenvalue weighted by Crippen LogP contribution is -2.51. The van der Waals surface area contributed by atoms with Gasteiger partial charge in [0.05, 0.1) is 24.8 Å². The number of hydrogen-bond donors (Lipinski definition) is 1. The third-order valence-electron chi connectivity index (χ3n) is 6.86. The summed E-state index contributed by atoms with van der Waals surface area (Å²) in [5, 5.41) is 2.85. The minimum absolute atomic E-state index is 0.0323. The number of methoxy groups -OCH3 is 2. The highest BCUT2D eigenvalue weighted by molar-refractivity contribution is 7.92. The maximum absolute atomic E-state index is 14.1. The van der Waals surface area contributed by atoms with Gasteiger partial charge < -0.3 is 19.7 Å². The van der Waals surface area contributed by atoms with Gasteiger partial charge in [-0.3, -0.25) is 13.9 Å². The summed E-state index contributed by atoms with van der Waals surface area (Å²) in [7, 11) is -1.26. The van der Waals surface area contributed by atoms with E-state index in [1.54, 1.807) is 31.2 Å². The third kappa shape index (κ3) is 7.58. The molecule has 0 unspecified atom stereocenters. The minimum Gasteiger partial charge on any atom is -0.493 e. The molecule has 3 rings (SSSR count). The Balaban J connectivity index is 2.09. The number of hydrogen-bond acceptors (Lipinski definition) is 6. The molecule has 2 amide bonds. The number of nitrogens with zero attached hydrogens (tertiary/aromatic N) is 2. The van der Waals surface area contributed by atoms with Crippen molar-refractivity contribution in [2.75, 3.05) is 31.6 Å². The molecule has 1 N–H and O–H groups in total. The summed E-state index contributed by atoms with van der Waals surface area (Å²) in [5.74, 6) is -0.117. The van der Waals surface area contributed by atoms with Crippen molar-refractivity contribution in [1.29, 1.82) is 0 Å². The molecule has 0 aliphatic rings. The first-order valence-corrected chi connectivity index (χ1v) is 14.9. The average Bonchev–Trinajstić information content (AvgIpc) is 2.97. The average molecular weight is 582 g/mol. The minimum atomic E-state index is -4.20. The number of carbonyl (C=O) groups excluding carboxylic acids is 2. The van der Waals surface area contributed by atoms with Crippen molar-refractivity contribution >= 4 is 27.5 Å². The number of carbonyl (C=O) groups is 2. The van der Waals surface area contributed by atoms with Crippen LogP contribution in [0.5, 0.6) is 11.5 Å². The van der Waals surface area contributed by atoms with Crippen molar-refractivity contribution in [3.8, 4) is 11.5 Å². The molecule has 0 spiro atoms. The van der Waals surface area contributed by atoms with Crippen molar-refractivity contribution in [3.63, 3.8) is 0 Å². The summed E-state index contributed by atoms with van der Waals surface area (Å²) >= 11 is 0. The molecule has 1 atom stereocenters. The van der Waals surface area contributed by atoms with Gasteiger partial charge in [0.2, 0.25) is 11.8 Å². The fraction of sp³-hybridized carbons (Fsp3) is 0.355. The first-order chi connectivity index (χ1) is 19.5. The second kappa shape index (κ2) is 14.0. The summed E-state index contributed by atoms with van der Waals surface area (Å²) in [6.07, 6.45) is 0.742. The molecule has 9 nitrogen and oxygen atoms in total. The molecule has 0 heterocycles. The van der Waals surface area contributed by atoms with Crippen LogP contribution in [0.2, 0.25) is 0 Å². The van der Waals surface area contributed by atoms with Crippen LogP contribution in [0.1, 0.15) is 37.0 Å². The van der Waals surface area contributed by atoms with Crippen molar-refractivity contribution in [2.24, 2.45) is 0 Å². The number of amides is 2. The number of nitrogens with one attached hydrogen (secondary N) is 1. The van der Waals surface area contributed by atoms with Gasteiger partial charge in [0.1, 0.15) is 12.6 Å². The Kier molecular flexibility index (Phi) is 10.8. The van der Waals surface area contributed by atoms with E-state index in [0.29, 0.717) is 18.0 Å². The Morgan fingerprint density at radius 1 is 0.927 bits per heavy atom. The Hall–Kier alpha value is -4.05. The van der Waals surface area contributed by atoms with Crippen LogP contribution in [-0.2, 0) is 26.2 Å². The SMILES string of the molecule is CCCNC(=O)[C@H](C)N(Cc1ccccc1C)C(=O)CN(c1ccc(OC)c(OC)c1)S(=O)(=O)c1ccc(C)cc1. The number of aryl methyl sites for hydroxylation is 2. The molecule has 0 aromatic heterocycles. The highest BCUT2D eigenvalue weighted by Crippen LogP contribution is 2.34. The van der Waals surface area contributed by atoms with Crippen molar-refractivity contribution in [2.45, 2.75) is 51.6 Å². The topological polar surface area (TPSA) is 105 Å². The molecule has 3 aromatic rings. The van der Waals surface area contributed by atoms with Crippen LogP contribution in [0.4, 0.5) is 5.69 Å². The van der Waals surface area contributed by atoms with Crippen LogP contribution in [0.25, 0.3) is 0 Å². The number of benzene rings is 3. The van der Waals surface area contributed by atoms with E-state index in [1.807, 2.05) is 45.0 Å². The summed E-state index contributed by atoms with van der Waals surface area (Å²) in [6.45, 7) is 7.45. The summed E-state index contributed by atoms with van der Waals surface area (Å²) < 4.78 is 39.8. The van der Waals surface area contributed by atoms with Gasteiger partial charge >= 0.3 is 0 Å². The van der Waals surface area contributed by atoms with Gasteiger partial charge in [-0.1, -0.05) is 48.9 Å². The first-order valence-electron chi connectivity index (χ1n) is 13.5. The van der Waals surface area contributed by atoms with Gasteiger partial charge in [-0.15, -0.1) is 0 Å². The third-order valence-corrected chi connectivity index (χ3v) is 8.65. The Bertz CT molecular complexity index is 1460. The van der Waals surface area contributed by atoms with E-state index in [1.165, 1.54) is 37.3 Å². The van der Waals surface area contributed by atoms with Gasteiger partial charge in [-0.25, -0.2) is 8.42 Å². The fourth-order valence-corrected chi connectivity index (χ4v) is 5.70. The van der Waals surface area contributed by atoms with Crippen molar-refractivity contribution in [3.05, 3.63) is 83.4 Å². The molecule has 220 valence electrons. The van der Waals surface area contributed by atoms with Gasteiger partial charge in [0.25, 0.3) is 10.0 Å². The zero-order chi connectivity index (χ0) is 30.2. The monoisotopic (exact) mass is 581 g/mol. The Labute approximate surface area is 243 Å². The summed E-state index contributed by atoms with van der Waals surface area (Å²) in [6, 6.07) is 17.8. The molecule has 0 aliphatic heterocycles. The molecule has 10 heteroatoms. The van der Waals surface area contributed by atoms with Crippen LogP contribution < -0.4 is 19.1 Å². The second-order valence-electron chi connectivity index (χ2n) is 9.78. The molecule has 41 heavy (non-hydrogen) atoms. The zero-order valence-electron chi connectivity index (χ0n) is 24.5. The highest BCUT2D eigenvalue weighted by atomic mass is 32.2.